The zero-order valence-electron chi connectivity index (χ0n) is 25.4. The third kappa shape index (κ3) is 4.48. The van der Waals surface area contributed by atoms with Crippen molar-refractivity contribution in [2.45, 2.75) is 39.5 Å². The van der Waals surface area contributed by atoms with Crippen LogP contribution in [0.1, 0.15) is 45.2 Å². The first kappa shape index (κ1) is 27.0. The molecule has 43 heavy (non-hydrogen) atoms. The van der Waals surface area contributed by atoms with Crippen molar-refractivity contribution in [1.82, 2.24) is 4.57 Å². The SMILES string of the molecule is CC1(C)c2ccccc2-c2ccc(-n3c4ccc(-c5ccccc5)cc4c4cc(-c5ccccc5)ccc43)cc21.CCC. The Kier molecular flexibility index (Phi) is 6.75. The molecule has 210 valence electrons. The zero-order chi connectivity index (χ0) is 29.6. The van der Waals surface area contributed by atoms with Crippen LogP contribution in [0.2, 0.25) is 0 Å². The molecule has 0 atom stereocenters. The Morgan fingerprint density at radius 3 is 1.51 bits per heavy atom. The smallest absolute Gasteiger partial charge is 0.0541 e. The van der Waals surface area contributed by atoms with Gasteiger partial charge < -0.3 is 4.57 Å². The van der Waals surface area contributed by atoms with Crippen molar-refractivity contribution in [2.24, 2.45) is 0 Å². The minimum atomic E-state index is -0.0400. The predicted octanol–water partition coefficient (Wildman–Crippen LogP) is 11.8. The van der Waals surface area contributed by atoms with Gasteiger partial charge in [0.1, 0.15) is 0 Å². The monoisotopic (exact) mass is 555 g/mol. The number of rotatable bonds is 3. The second-order valence-corrected chi connectivity index (χ2v) is 12.1. The molecule has 1 aliphatic carbocycles. The van der Waals surface area contributed by atoms with Crippen molar-refractivity contribution in [3.05, 3.63) is 151 Å². The summed E-state index contributed by atoms with van der Waals surface area (Å²) in [6, 6.07) is 51.1. The Morgan fingerprint density at radius 1 is 0.465 bits per heavy atom. The van der Waals surface area contributed by atoms with Crippen LogP contribution >= 0.6 is 0 Å². The predicted molar refractivity (Wildman–Crippen MR) is 185 cm³/mol. The largest absolute Gasteiger partial charge is 0.309 e. The van der Waals surface area contributed by atoms with Crippen LogP contribution in [0.5, 0.6) is 0 Å². The summed E-state index contributed by atoms with van der Waals surface area (Å²) in [6.07, 6.45) is 1.25. The molecule has 0 spiro atoms. The van der Waals surface area contributed by atoms with Gasteiger partial charge in [0, 0.05) is 21.9 Å². The molecule has 8 rings (SSSR count). The number of hydrogen-bond donors (Lipinski definition) is 0. The first-order valence-corrected chi connectivity index (χ1v) is 15.4. The first-order valence-electron chi connectivity index (χ1n) is 15.4. The van der Waals surface area contributed by atoms with E-state index in [2.05, 4.69) is 172 Å². The zero-order valence-corrected chi connectivity index (χ0v) is 25.4. The van der Waals surface area contributed by atoms with Crippen molar-refractivity contribution < 1.29 is 0 Å². The van der Waals surface area contributed by atoms with Gasteiger partial charge >= 0.3 is 0 Å². The summed E-state index contributed by atoms with van der Waals surface area (Å²) in [5.74, 6) is 0. The van der Waals surface area contributed by atoms with Gasteiger partial charge in [-0.1, -0.05) is 137 Å². The average molecular weight is 556 g/mol. The maximum Gasteiger partial charge on any atom is 0.0541 e. The third-order valence-corrected chi connectivity index (χ3v) is 8.80. The van der Waals surface area contributed by atoms with E-state index in [1.54, 1.807) is 0 Å². The molecule has 0 amide bonds. The Balaban J connectivity index is 0.000000963. The molecular formula is C42H37N. The summed E-state index contributed by atoms with van der Waals surface area (Å²) < 4.78 is 2.45. The summed E-state index contributed by atoms with van der Waals surface area (Å²) in [4.78, 5) is 0. The molecule has 7 aromatic rings. The summed E-state index contributed by atoms with van der Waals surface area (Å²) in [5, 5.41) is 2.55. The van der Waals surface area contributed by atoms with Crippen molar-refractivity contribution in [1.29, 1.82) is 0 Å². The van der Waals surface area contributed by atoms with Crippen LogP contribution in [0.25, 0.3) is 60.9 Å². The molecule has 1 nitrogen and oxygen atoms in total. The van der Waals surface area contributed by atoms with Gasteiger partial charge in [0.15, 0.2) is 0 Å². The highest BCUT2D eigenvalue weighted by Gasteiger charge is 2.35. The summed E-state index contributed by atoms with van der Waals surface area (Å²) in [5.41, 5.74) is 14.1. The summed E-state index contributed by atoms with van der Waals surface area (Å²) in [7, 11) is 0. The molecule has 0 saturated heterocycles. The van der Waals surface area contributed by atoms with E-state index in [4.69, 9.17) is 0 Å². The normalized spacial score (nSPS) is 12.9. The maximum atomic E-state index is 2.45. The lowest BCUT2D eigenvalue weighted by Gasteiger charge is -2.22. The van der Waals surface area contributed by atoms with Gasteiger partial charge in [-0.2, -0.15) is 0 Å². The lowest BCUT2D eigenvalue weighted by Crippen LogP contribution is -2.15. The summed E-state index contributed by atoms with van der Waals surface area (Å²) in [6.45, 7) is 8.96. The fraction of sp³-hybridized carbons (Fsp3) is 0.143. The Labute approximate surface area is 255 Å². The topological polar surface area (TPSA) is 4.93 Å². The molecular weight excluding hydrogens is 518 g/mol. The van der Waals surface area contributed by atoms with E-state index in [-0.39, 0.29) is 5.41 Å². The lowest BCUT2D eigenvalue weighted by atomic mass is 9.82. The first-order chi connectivity index (χ1) is 21.0. The van der Waals surface area contributed by atoms with Gasteiger partial charge in [-0.05, 0) is 80.9 Å². The molecule has 1 aliphatic rings. The molecule has 0 fully saturated rings. The highest BCUT2D eigenvalue weighted by atomic mass is 15.0. The molecule has 0 N–H and O–H groups in total. The van der Waals surface area contributed by atoms with E-state index >= 15 is 0 Å². The van der Waals surface area contributed by atoms with Crippen LogP contribution in [-0.2, 0) is 5.41 Å². The maximum absolute atomic E-state index is 2.45. The van der Waals surface area contributed by atoms with Crippen molar-refractivity contribution in [3.8, 4) is 39.1 Å². The van der Waals surface area contributed by atoms with Crippen molar-refractivity contribution >= 4 is 21.8 Å². The molecule has 0 aliphatic heterocycles. The van der Waals surface area contributed by atoms with E-state index in [1.165, 1.54) is 78.4 Å². The number of fused-ring (bicyclic) bond motifs is 6. The van der Waals surface area contributed by atoms with E-state index in [9.17, 15) is 0 Å². The highest BCUT2D eigenvalue weighted by molar-refractivity contribution is 6.11. The average Bonchev–Trinajstić information content (AvgIpc) is 3.50. The van der Waals surface area contributed by atoms with Gasteiger partial charge in [0.05, 0.1) is 11.0 Å². The third-order valence-electron chi connectivity index (χ3n) is 8.80. The van der Waals surface area contributed by atoms with Crippen LogP contribution in [0.15, 0.2) is 140 Å². The molecule has 1 heterocycles. The summed E-state index contributed by atoms with van der Waals surface area (Å²) >= 11 is 0. The standard InChI is InChI=1S/C39H29N.C3H8/c1-39(2)35-16-10-9-15-31(35)32-20-19-30(25-36(32)39)40-37-21-17-28(26-11-5-3-6-12-26)23-33(37)34-24-29(18-22-38(34)40)27-13-7-4-8-14-27;1-3-2/h3-25H,1-2H3;3H2,1-2H3. The van der Waals surface area contributed by atoms with Crippen LogP contribution in [0.3, 0.4) is 0 Å². The van der Waals surface area contributed by atoms with Gasteiger partial charge in [-0.3, -0.25) is 0 Å². The van der Waals surface area contributed by atoms with Gasteiger partial charge in [-0.25, -0.2) is 0 Å². The number of benzene rings is 6. The van der Waals surface area contributed by atoms with Crippen molar-refractivity contribution in [2.75, 3.05) is 0 Å². The molecule has 0 unspecified atom stereocenters. The van der Waals surface area contributed by atoms with Crippen LogP contribution in [0, 0.1) is 0 Å². The molecule has 0 saturated carbocycles. The quantitative estimate of drug-likeness (QED) is 0.204. The number of nitrogens with zero attached hydrogens (tertiary/aromatic N) is 1. The van der Waals surface area contributed by atoms with Gasteiger partial charge in [-0.15, -0.1) is 0 Å². The minimum Gasteiger partial charge on any atom is -0.309 e. The van der Waals surface area contributed by atoms with Crippen LogP contribution < -0.4 is 0 Å². The second kappa shape index (κ2) is 10.7. The number of aromatic nitrogens is 1. The Morgan fingerprint density at radius 2 is 0.953 bits per heavy atom. The fourth-order valence-electron chi connectivity index (χ4n) is 6.75. The van der Waals surface area contributed by atoms with E-state index in [0.29, 0.717) is 0 Å². The molecule has 0 radical (unpaired) electrons. The molecule has 1 heteroatoms. The highest BCUT2D eigenvalue weighted by Crippen LogP contribution is 2.49. The van der Waals surface area contributed by atoms with E-state index < -0.39 is 0 Å². The minimum absolute atomic E-state index is 0.0400. The van der Waals surface area contributed by atoms with E-state index in [1.807, 2.05) is 0 Å². The fourth-order valence-corrected chi connectivity index (χ4v) is 6.75. The molecule has 0 bridgehead atoms. The second-order valence-electron chi connectivity index (χ2n) is 12.1. The van der Waals surface area contributed by atoms with Gasteiger partial charge in [0.2, 0.25) is 0 Å². The van der Waals surface area contributed by atoms with Crippen LogP contribution in [-0.4, -0.2) is 4.57 Å². The van der Waals surface area contributed by atoms with E-state index in [0.717, 1.165) is 0 Å². The number of hydrogen-bond acceptors (Lipinski definition) is 0. The lowest BCUT2D eigenvalue weighted by molar-refractivity contribution is 0.660. The molecule has 1 aromatic heterocycles. The van der Waals surface area contributed by atoms with Crippen molar-refractivity contribution in [3.63, 3.8) is 0 Å². The van der Waals surface area contributed by atoms with Crippen LogP contribution in [0.4, 0.5) is 0 Å². The van der Waals surface area contributed by atoms with Gasteiger partial charge in [0.25, 0.3) is 0 Å². The Hall–Kier alpha value is -4.88. The Bertz CT molecular complexity index is 1980. The molecule has 6 aromatic carbocycles.